The fourth-order valence-electron chi connectivity index (χ4n) is 1.12. The summed E-state index contributed by atoms with van der Waals surface area (Å²) in [6, 6.07) is 0. The molecule has 1 aliphatic rings. The highest BCUT2D eigenvalue weighted by molar-refractivity contribution is 5.27. The van der Waals surface area contributed by atoms with Crippen molar-refractivity contribution in [3.05, 3.63) is 23.9 Å². The molecule has 0 fully saturated rings. The van der Waals surface area contributed by atoms with Crippen molar-refractivity contribution in [1.82, 2.24) is 4.90 Å². The van der Waals surface area contributed by atoms with Crippen molar-refractivity contribution >= 4 is 0 Å². The molecule has 0 unspecified atom stereocenters. The lowest BCUT2D eigenvalue weighted by atomic mass is 9.86. The van der Waals surface area contributed by atoms with Crippen LogP contribution >= 0.6 is 0 Å². The summed E-state index contributed by atoms with van der Waals surface area (Å²) < 4.78 is 0. The minimum absolute atomic E-state index is 0. The average Bonchev–Trinajstić information content (AvgIpc) is 1.86. The van der Waals surface area contributed by atoms with Gasteiger partial charge in [0.05, 0.1) is 0 Å². The first-order chi connectivity index (χ1) is 5.00. The highest BCUT2D eigenvalue weighted by Gasteiger charge is 2.16. The maximum absolute atomic E-state index is 2.24. The number of nitrogens with zero attached hydrogens (tertiary/aromatic N) is 1. The number of likely N-dealkylation sites (N-methyl/N-ethyl adjacent to an activating group) is 1. The normalized spacial score (nSPS) is 17.0. The van der Waals surface area contributed by atoms with E-state index in [2.05, 4.69) is 51.1 Å². The Morgan fingerprint density at radius 1 is 1.33 bits per heavy atom. The van der Waals surface area contributed by atoms with Gasteiger partial charge in [-0.3, -0.25) is 0 Å². The van der Waals surface area contributed by atoms with Crippen LogP contribution in [0, 0.1) is 5.41 Å². The number of halogens is 1. The fourth-order valence-corrected chi connectivity index (χ4v) is 1.12. The predicted octanol–water partition coefficient (Wildman–Crippen LogP) is -0.578. The molecule has 0 amide bonds. The molecule has 1 aliphatic heterocycles. The third-order valence-electron chi connectivity index (χ3n) is 1.92. The van der Waals surface area contributed by atoms with Crippen LogP contribution in [-0.4, -0.2) is 18.5 Å². The standard InChI is InChI=1S/C10H17N.HI/c1-10(2,3)9-6-5-7-11(4)8-9;/h5-6,8H,7H2,1-4H3;1H/p-1. The van der Waals surface area contributed by atoms with E-state index in [1.807, 2.05) is 0 Å². The molecule has 70 valence electrons. The van der Waals surface area contributed by atoms with Crippen molar-refractivity contribution in [3.8, 4) is 0 Å². The van der Waals surface area contributed by atoms with Gasteiger partial charge in [-0.1, -0.05) is 32.9 Å². The van der Waals surface area contributed by atoms with Crippen LogP contribution in [0.3, 0.4) is 0 Å². The summed E-state index contributed by atoms with van der Waals surface area (Å²) in [5.74, 6) is 0. The summed E-state index contributed by atoms with van der Waals surface area (Å²) in [5.41, 5.74) is 1.69. The SMILES string of the molecule is CN1C=C(C(C)(C)C)C=CC1.[I-]. The molecule has 0 aromatic carbocycles. The Morgan fingerprint density at radius 3 is 2.25 bits per heavy atom. The van der Waals surface area contributed by atoms with Crippen molar-refractivity contribution in [2.45, 2.75) is 20.8 Å². The molecule has 1 nitrogen and oxygen atoms in total. The van der Waals surface area contributed by atoms with Crippen LogP contribution in [0.15, 0.2) is 23.9 Å². The number of hydrogen-bond acceptors (Lipinski definition) is 1. The van der Waals surface area contributed by atoms with Crippen molar-refractivity contribution in [2.24, 2.45) is 5.41 Å². The fraction of sp³-hybridized carbons (Fsp3) is 0.600. The van der Waals surface area contributed by atoms with Gasteiger partial charge in [0.15, 0.2) is 0 Å². The number of rotatable bonds is 0. The lowest BCUT2D eigenvalue weighted by Crippen LogP contribution is -3.00. The van der Waals surface area contributed by atoms with E-state index < -0.39 is 0 Å². The topological polar surface area (TPSA) is 3.24 Å². The van der Waals surface area contributed by atoms with E-state index in [-0.39, 0.29) is 29.4 Å². The first-order valence-electron chi connectivity index (χ1n) is 4.09. The monoisotopic (exact) mass is 278 g/mol. The summed E-state index contributed by atoms with van der Waals surface area (Å²) in [7, 11) is 2.11. The molecule has 12 heavy (non-hydrogen) atoms. The van der Waals surface area contributed by atoms with Gasteiger partial charge in [-0.25, -0.2) is 0 Å². The van der Waals surface area contributed by atoms with Crippen molar-refractivity contribution in [2.75, 3.05) is 13.6 Å². The van der Waals surface area contributed by atoms with Crippen molar-refractivity contribution < 1.29 is 24.0 Å². The zero-order chi connectivity index (χ0) is 8.48. The largest absolute Gasteiger partial charge is 1.00 e. The Hall–Kier alpha value is 0.01000. The van der Waals surface area contributed by atoms with E-state index in [0.717, 1.165) is 6.54 Å². The molecule has 0 saturated heterocycles. The van der Waals surface area contributed by atoms with Crippen molar-refractivity contribution in [1.29, 1.82) is 0 Å². The molecule has 0 aliphatic carbocycles. The maximum Gasteiger partial charge on any atom is 0.0354 e. The van der Waals surface area contributed by atoms with Gasteiger partial charge in [-0.2, -0.15) is 0 Å². The summed E-state index contributed by atoms with van der Waals surface area (Å²) in [6.45, 7) is 7.76. The third-order valence-corrected chi connectivity index (χ3v) is 1.92. The summed E-state index contributed by atoms with van der Waals surface area (Å²) in [5, 5.41) is 0. The van der Waals surface area contributed by atoms with Crippen LogP contribution in [0.4, 0.5) is 0 Å². The van der Waals surface area contributed by atoms with Gasteiger partial charge >= 0.3 is 0 Å². The van der Waals surface area contributed by atoms with E-state index >= 15 is 0 Å². The van der Waals surface area contributed by atoms with Crippen LogP contribution in [0.25, 0.3) is 0 Å². The Morgan fingerprint density at radius 2 is 1.92 bits per heavy atom. The number of allylic oxidation sites excluding steroid dienone is 2. The predicted molar refractivity (Wildman–Crippen MR) is 49.3 cm³/mol. The molecule has 0 radical (unpaired) electrons. The second-order valence-corrected chi connectivity index (χ2v) is 4.18. The van der Waals surface area contributed by atoms with Crippen LogP contribution in [0.2, 0.25) is 0 Å². The average molecular weight is 278 g/mol. The summed E-state index contributed by atoms with van der Waals surface area (Å²) in [4.78, 5) is 2.21. The summed E-state index contributed by atoms with van der Waals surface area (Å²) in [6.07, 6.45) is 6.65. The van der Waals surface area contributed by atoms with Gasteiger partial charge in [0, 0.05) is 19.8 Å². The molecule has 1 heterocycles. The molecule has 0 aromatic heterocycles. The Bertz CT molecular complexity index is 198. The minimum atomic E-state index is 0. The molecule has 0 aromatic rings. The van der Waals surface area contributed by atoms with Gasteiger partial charge in [0.1, 0.15) is 0 Å². The molecular weight excluding hydrogens is 261 g/mol. The molecule has 0 N–H and O–H groups in total. The lowest BCUT2D eigenvalue weighted by molar-refractivity contribution is -0.00000282. The van der Waals surface area contributed by atoms with Gasteiger partial charge in [0.2, 0.25) is 0 Å². The molecule has 2 heteroatoms. The van der Waals surface area contributed by atoms with E-state index in [1.165, 1.54) is 5.57 Å². The maximum atomic E-state index is 2.24. The molecular formula is C10H17IN-. The van der Waals surface area contributed by atoms with Crippen molar-refractivity contribution in [3.63, 3.8) is 0 Å². The van der Waals surface area contributed by atoms with E-state index in [1.54, 1.807) is 0 Å². The zero-order valence-electron chi connectivity index (χ0n) is 8.26. The van der Waals surface area contributed by atoms with Gasteiger partial charge in [0.25, 0.3) is 0 Å². The Balaban J connectivity index is 0.00000121. The molecule has 0 saturated carbocycles. The lowest BCUT2D eigenvalue weighted by Gasteiger charge is -2.26. The highest BCUT2D eigenvalue weighted by atomic mass is 127. The van der Waals surface area contributed by atoms with Crippen LogP contribution in [0.5, 0.6) is 0 Å². The van der Waals surface area contributed by atoms with Crippen LogP contribution in [-0.2, 0) is 0 Å². The van der Waals surface area contributed by atoms with E-state index in [9.17, 15) is 0 Å². The van der Waals surface area contributed by atoms with Gasteiger partial charge in [-0.05, 0) is 11.0 Å². The zero-order valence-corrected chi connectivity index (χ0v) is 10.4. The molecule has 1 rings (SSSR count). The van der Waals surface area contributed by atoms with Gasteiger partial charge < -0.3 is 28.9 Å². The highest BCUT2D eigenvalue weighted by Crippen LogP contribution is 2.27. The first kappa shape index (κ1) is 12.0. The molecule has 0 bridgehead atoms. The quantitative estimate of drug-likeness (QED) is 0.536. The molecule has 0 atom stereocenters. The van der Waals surface area contributed by atoms with Gasteiger partial charge in [-0.15, -0.1) is 0 Å². The Kier molecular flexibility index (Phi) is 4.31. The van der Waals surface area contributed by atoms with Crippen LogP contribution < -0.4 is 24.0 Å². The molecule has 0 spiro atoms. The van der Waals surface area contributed by atoms with E-state index in [4.69, 9.17) is 0 Å². The smallest absolute Gasteiger partial charge is 0.0354 e. The Labute approximate surface area is 92.5 Å². The van der Waals surface area contributed by atoms with Crippen LogP contribution in [0.1, 0.15) is 20.8 Å². The van der Waals surface area contributed by atoms with E-state index in [0.29, 0.717) is 0 Å². The first-order valence-corrected chi connectivity index (χ1v) is 4.09. The minimum Gasteiger partial charge on any atom is -1.00 e. The third kappa shape index (κ3) is 3.17. The second-order valence-electron chi connectivity index (χ2n) is 4.18. The number of hydrogen-bond donors (Lipinski definition) is 0. The second kappa shape index (κ2) is 4.30. The summed E-state index contributed by atoms with van der Waals surface area (Å²) >= 11 is 0.